The van der Waals surface area contributed by atoms with Crippen LogP contribution in [-0.4, -0.2) is 48.6 Å². The summed E-state index contributed by atoms with van der Waals surface area (Å²) in [6, 6.07) is 23.1. The van der Waals surface area contributed by atoms with Crippen LogP contribution in [-0.2, 0) is 20.9 Å². The van der Waals surface area contributed by atoms with Crippen LogP contribution in [0.3, 0.4) is 0 Å². The highest BCUT2D eigenvalue weighted by molar-refractivity contribution is 6.46. The molecule has 0 bridgehead atoms. The smallest absolute Gasteiger partial charge is 0.295 e. The standard InChI is InChI=1S/C30H31NO6/c1-3-17-36-24-14-12-22(13-15-24)28(32)26-27(31(16-18-35-2)30(34)29(26)33)23-10-7-11-25(19-23)37-20-21-8-5-4-6-9-21/h4-15,19,27,32H,3,16-18,20H2,1-2H3/b28-26-. The Morgan fingerprint density at radius 3 is 2.35 bits per heavy atom. The second-order valence-corrected chi connectivity index (χ2v) is 8.70. The van der Waals surface area contributed by atoms with Crippen LogP contribution >= 0.6 is 0 Å². The van der Waals surface area contributed by atoms with Crippen molar-refractivity contribution in [3.05, 3.63) is 101 Å². The Hall–Kier alpha value is -4.10. The summed E-state index contributed by atoms with van der Waals surface area (Å²) in [7, 11) is 1.53. The second-order valence-electron chi connectivity index (χ2n) is 8.70. The van der Waals surface area contributed by atoms with Crippen molar-refractivity contribution in [1.82, 2.24) is 4.90 Å². The van der Waals surface area contributed by atoms with E-state index in [9.17, 15) is 14.7 Å². The fraction of sp³-hybridized carbons (Fsp3) is 0.267. The molecule has 1 aliphatic rings. The molecule has 1 atom stereocenters. The molecule has 0 radical (unpaired) electrons. The lowest BCUT2D eigenvalue weighted by Gasteiger charge is -2.25. The van der Waals surface area contributed by atoms with Crippen molar-refractivity contribution in [2.45, 2.75) is 26.0 Å². The van der Waals surface area contributed by atoms with Crippen LogP contribution in [0.5, 0.6) is 11.5 Å². The number of ketones is 1. The zero-order valence-corrected chi connectivity index (χ0v) is 21.1. The van der Waals surface area contributed by atoms with E-state index in [1.807, 2.05) is 55.5 Å². The maximum atomic E-state index is 13.2. The van der Waals surface area contributed by atoms with Gasteiger partial charge in [-0.05, 0) is 53.9 Å². The molecule has 1 saturated heterocycles. The minimum Gasteiger partial charge on any atom is -0.507 e. The molecule has 3 aromatic carbocycles. The van der Waals surface area contributed by atoms with Crippen LogP contribution in [0, 0.1) is 0 Å². The number of methoxy groups -OCH3 is 1. The highest BCUT2D eigenvalue weighted by atomic mass is 16.5. The van der Waals surface area contributed by atoms with Gasteiger partial charge in [0.2, 0.25) is 0 Å². The van der Waals surface area contributed by atoms with E-state index in [-0.39, 0.29) is 24.5 Å². The first-order chi connectivity index (χ1) is 18.0. The predicted molar refractivity (Wildman–Crippen MR) is 140 cm³/mol. The van der Waals surface area contributed by atoms with Gasteiger partial charge in [0.05, 0.1) is 24.8 Å². The molecule has 1 aliphatic heterocycles. The molecule has 1 heterocycles. The monoisotopic (exact) mass is 501 g/mol. The Labute approximate surface area is 216 Å². The van der Waals surface area contributed by atoms with Gasteiger partial charge in [0.1, 0.15) is 23.9 Å². The molecular formula is C30H31NO6. The van der Waals surface area contributed by atoms with Gasteiger partial charge in [-0.25, -0.2) is 0 Å². The Balaban J connectivity index is 1.69. The van der Waals surface area contributed by atoms with Crippen molar-refractivity contribution < 1.29 is 28.9 Å². The summed E-state index contributed by atoms with van der Waals surface area (Å²) in [5.74, 6) is -0.390. The molecule has 37 heavy (non-hydrogen) atoms. The number of aliphatic hydroxyl groups is 1. The third kappa shape index (κ3) is 6.01. The van der Waals surface area contributed by atoms with Gasteiger partial charge in [-0.2, -0.15) is 0 Å². The molecule has 1 fully saturated rings. The fourth-order valence-corrected chi connectivity index (χ4v) is 4.25. The number of amides is 1. The van der Waals surface area contributed by atoms with Gasteiger partial charge in [-0.3, -0.25) is 9.59 Å². The van der Waals surface area contributed by atoms with Crippen molar-refractivity contribution in [2.75, 3.05) is 26.9 Å². The summed E-state index contributed by atoms with van der Waals surface area (Å²) in [6.07, 6.45) is 0.876. The number of carbonyl (C=O) groups is 2. The Morgan fingerprint density at radius 2 is 1.65 bits per heavy atom. The second kappa shape index (κ2) is 12.2. The predicted octanol–water partition coefficient (Wildman–Crippen LogP) is 5.12. The van der Waals surface area contributed by atoms with E-state index in [0.717, 1.165) is 12.0 Å². The molecule has 1 N–H and O–H groups in total. The van der Waals surface area contributed by atoms with Gasteiger partial charge < -0.3 is 24.2 Å². The third-order valence-electron chi connectivity index (χ3n) is 6.10. The molecule has 1 amide bonds. The molecule has 0 aromatic heterocycles. The molecule has 0 aliphatic carbocycles. The first-order valence-electron chi connectivity index (χ1n) is 12.3. The van der Waals surface area contributed by atoms with Gasteiger partial charge in [0, 0.05) is 19.2 Å². The number of benzene rings is 3. The van der Waals surface area contributed by atoms with Crippen molar-refractivity contribution in [1.29, 1.82) is 0 Å². The van der Waals surface area contributed by atoms with E-state index in [4.69, 9.17) is 14.2 Å². The largest absolute Gasteiger partial charge is 0.507 e. The molecule has 192 valence electrons. The lowest BCUT2D eigenvalue weighted by atomic mass is 9.95. The number of hydrogen-bond donors (Lipinski definition) is 1. The third-order valence-corrected chi connectivity index (χ3v) is 6.10. The summed E-state index contributed by atoms with van der Waals surface area (Å²) in [5.41, 5.74) is 2.13. The lowest BCUT2D eigenvalue weighted by molar-refractivity contribution is -0.140. The lowest BCUT2D eigenvalue weighted by Crippen LogP contribution is -2.32. The Kier molecular flexibility index (Phi) is 8.59. The number of rotatable bonds is 11. The number of hydrogen-bond acceptors (Lipinski definition) is 6. The topological polar surface area (TPSA) is 85.3 Å². The van der Waals surface area contributed by atoms with Crippen LogP contribution < -0.4 is 9.47 Å². The van der Waals surface area contributed by atoms with E-state index in [0.29, 0.717) is 35.8 Å². The SMILES string of the molecule is CCCOc1ccc(/C(O)=C2/C(=O)C(=O)N(CCOC)C2c2cccc(OCc3ccccc3)c2)cc1. The van der Waals surface area contributed by atoms with Crippen LogP contribution in [0.2, 0.25) is 0 Å². The van der Waals surface area contributed by atoms with E-state index in [1.165, 1.54) is 12.0 Å². The van der Waals surface area contributed by atoms with Crippen molar-refractivity contribution in [3.8, 4) is 11.5 Å². The number of Topliss-reactive ketones (excluding diaryl/α,β-unsaturated/α-hetero) is 1. The molecule has 0 saturated carbocycles. The number of ether oxygens (including phenoxy) is 3. The summed E-state index contributed by atoms with van der Waals surface area (Å²) in [6.45, 7) is 3.42. The highest BCUT2D eigenvalue weighted by Gasteiger charge is 2.46. The van der Waals surface area contributed by atoms with Crippen molar-refractivity contribution in [3.63, 3.8) is 0 Å². The molecule has 1 unspecified atom stereocenters. The van der Waals surface area contributed by atoms with Gasteiger partial charge in [-0.15, -0.1) is 0 Å². The molecule has 0 spiro atoms. The maximum Gasteiger partial charge on any atom is 0.295 e. The summed E-state index contributed by atoms with van der Waals surface area (Å²) >= 11 is 0. The van der Waals surface area contributed by atoms with Crippen molar-refractivity contribution >= 4 is 17.4 Å². The first-order valence-corrected chi connectivity index (χ1v) is 12.3. The molecule has 3 aromatic rings. The summed E-state index contributed by atoms with van der Waals surface area (Å²) < 4.78 is 16.8. The highest BCUT2D eigenvalue weighted by Crippen LogP contribution is 2.40. The van der Waals surface area contributed by atoms with E-state index in [1.54, 1.807) is 30.3 Å². The first kappa shape index (κ1) is 26.0. The average molecular weight is 502 g/mol. The molecular weight excluding hydrogens is 470 g/mol. The number of likely N-dealkylation sites (tertiary alicyclic amines) is 1. The quantitative estimate of drug-likeness (QED) is 0.223. The van der Waals surface area contributed by atoms with Crippen LogP contribution in [0.1, 0.15) is 36.1 Å². The van der Waals surface area contributed by atoms with Gasteiger partial charge in [-0.1, -0.05) is 49.4 Å². The van der Waals surface area contributed by atoms with Gasteiger partial charge in [0.15, 0.2) is 0 Å². The number of nitrogens with zero attached hydrogens (tertiary/aromatic N) is 1. The minimum atomic E-state index is -0.786. The average Bonchev–Trinajstić information content (AvgIpc) is 3.19. The Bertz CT molecular complexity index is 1250. The Morgan fingerprint density at radius 1 is 0.892 bits per heavy atom. The van der Waals surface area contributed by atoms with Gasteiger partial charge >= 0.3 is 0 Å². The minimum absolute atomic E-state index is 0.0311. The fourth-order valence-electron chi connectivity index (χ4n) is 4.25. The zero-order valence-electron chi connectivity index (χ0n) is 21.1. The summed E-state index contributed by atoms with van der Waals surface area (Å²) in [5, 5.41) is 11.2. The van der Waals surface area contributed by atoms with E-state index < -0.39 is 17.7 Å². The molecule has 4 rings (SSSR count). The zero-order chi connectivity index (χ0) is 26.2. The summed E-state index contributed by atoms with van der Waals surface area (Å²) in [4.78, 5) is 27.6. The van der Waals surface area contributed by atoms with Crippen molar-refractivity contribution in [2.24, 2.45) is 0 Å². The maximum absolute atomic E-state index is 13.2. The van der Waals surface area contributed by atoms with E-state index >= 15 is 0 Å². The normalized spacial score (nSPS) is 16.7. The number of carbonyl (C=O) groups excluding carboxylic acids is 2. The number of aliphatic hydroxyl groups excluding tert-OH is 1. The molecule has 7 nitrogen and oxygen atoms in total. The van der Waals surface area contributed by atoms with Gasteiger partial charge in [0.25, 0.3) is 11.7 Å². The van der Waals surface area contributed by atoms with Crippen LogP contribution in [0.25, 0.3) is 5.76 Å². The van der Waals surface area contributed by atoms with Crippen LogP contribution in [0.4, 0.5) is 0 Å². The van der Waals surface area contributed by atoms with E-state index in [2.05, 4.69) is 0 Å². The van der Waals surface area contributed by atoms with Crippen LogP contribution in [0.15, 0.2) is 84.4 Å². The molecule has 7 heteroatoms.